The molecule has 0 atom stereocenters. The molecule has 0 heterocycles. The lowest BCUT2D eigenvalue weighted by Gasteiger charge is -1.97. The first-order valence-electron chi connectivity index (χ1n) is 3.11. The van der Waals surface area contributed by atoms with Crippen molar-refractivity contribution >= 4 is 28.4 Å². The highest BCUT2D eigenvalue weighted by atomic mass is 35.5. The zero-order valence-corrected chi connectivity index (χ0v) is 7.49. The first-order chi connectivity index (χ1) is 5.65. The average Bonchev–Trinajstić information content (AvgIpc) is 2.03. The van der Waals surface area contributed by atoms with Gasteiger partial charge in [0.2, 0.25) is 0 Å². The molecule has 0 spiro atoms. The van der Waals surface area contributed by atoms with E-state index in [1.165, 1.54) is 12.1 Å². The van der Waals surface area contributed by atoms with Gasteiger partial charge in [0.05, 0.1) is 10.6 Å². The number of benzene rings is 1. The lowest BCUT2D eigenvalue weighted by atomic mass is 10.1. The second kappa shape index (κ2) is 3.62. The smallest absolute Gasteiger partial charge is 0.253 e. The maximum Gasteiger partial charge on any atom is 0.253 e. The van der Waals surface area contributed by atoms with Crippen LogP contribution in [0.25, 0.3) is 0 Å². The molecular formula is C9H4Cl2O. The Bertz CT molecular complexity index is 363. The summed E-state index contributed by atoms with van der Waals surface area (Å²) in [7, 11) is 0. The van der Waals surface area contributed by atoms with E-state index in [2.05, 4.69) is 5.92 Å². The van der Waals surface area contributed by atoms with Crippen molar-refractivity contribution in [3.8, 4) is 12.3 Å². The second-order valence-electron chi connectivity index (χ2n) is 2.11. The van der Waals surface area contributed by atoms with Crippen LogP contribution in [0.4, 0.5) is 0 Å². The van der Waals surface area contributed by atoms with E-state index < -0.39 is 5.24 Å². The largest absolute Gasteiger partial charge is 0.276 e. The molecule has 0 bridgehead atoms. The molecule has 0 aliphatic rings. The number of halogens is 2. The summed E-state index contributed by atoms with van der Waals surface area (Å²) in [5, 5.41) is -0.297. The molecule has 0 N–H and O–H groups in total. The van der Waals surface area contributed by atoms with Gasteiger partial charge in [-0.15, -0.1) is 6.42 Å². The molecule has 0 saturated heterocycles. The predicted octanol–water partition coefficient (Wildman–Crippen LogP) is 2.70. The maximum absolute atomic E-state index is 10.7. The van der Waals surface area contributed by atoms with E-state index in [4.69, 9.17) is 29.6 Å². The average molecular weight is 199 g/mol. The van der Waals surface area contributed by atoms with Crippen molar-refractivity contribution in [1.82, 2.24) is 0 Å². The van der Waals surface area contributed by atoms with Gasteiger partial charge in [0.1, 0.15) is 0 Å². The van der Waals surface area contributed by atoms with Crippen molar-refractivity contribution in [2.24, 2.45) is 0 Å². The van der Waals surface area contributed by atoms with Crippen molar-refractivity contribution in [2.45, 2.75) is 0 Å². The number of terminal acetylenes is 1. The summed E-state index contributed by atoms with van der Waals surface area (Å²) in [6.45, 7) is 0. The number of hydrogen-bond acceptors (Lipinski definition) is 1. The minimum atomic E-state index is -0.580. The standard InChI is InChI=1S/C9H4Cl2O/c1-2-6-3-4-7(9(11)12)8(10)5-6/h1,3-5H. The van der Waals surface area contributed by atoms with Gasteiger partial charge in [0.15, 0.2) is 0 Å². The molecule has 3 heteroatoms. The minimum absolute atomic E-state index is 0.275. The summed E-state index contributed by atoms with van der Waals surface area (Å²) < 4.78 is 0. The second-order valence-corrected chi connectivity index (χ2v) is 2.86. The lowest BCUT2D eigenvalue weighted by Crippen LogP contribution is -1.90. The Kier molecular flexibility index (Phi) is 2.75. The Morgan fingerprint density at radius 3 is 2.58 bits per heavy atom. The third-order valence-electron chi connectivity index (χ3n) is 1.35. The van der Waals surface area contributed by atoms with Gasteiger partial charge in [-0.25, -0.2) is 0 Å². The van der Waals surface area contributed by atoms with Crippen molar-refractivity contribution < 1.29 is 4.79 Å². The SMILES string of the molecule is C#Cc1ccc(C(=O)Cl)c(Cl)c1. The summed E-state index contributed by atoms with van der Waals surface area (Å²) in [6, 6.07) is 4.64. The topological polar surface area (TPSA) is 17.1 Å². The quantitative estimate of drug-likeness (QED) is 0.502. The molecule has 1 nitrogen and oxygen atoms in total. The summed E-state index contributed by atoms with van der Waals surface area (Å²) in [6.07, 6.45) is 5.12. The lowest BCUT2D eigenvalue weighted by molar-refractivity contribution is 0.108. The summed E-state index contributed by atoms with van der Waals surface area (Å²) in [4.78, 5) is 10.7. The van der Waals surface area contributed by atoms with Crippen LogP contribution in [0.3, 0.4) is 0 Å². The molecule has 0 aliphatic heterocycles. The third-order valence-corrected chi connectivity index (χ3v) is 1.86. The van der Waals surface area contributed by atoms with Crippen molar-refractivity contribution in [1.29, 1.82) is 0 Å². The molecule has 0 unspecified atom stereocenters. The van der Waals surface area contributed by atoms with E-state index in [1.807, 2.05) is 0 Å². The van der Waals surface area contributed by atoms with Gasteiger partial charge in [0, 0.05) is 5.56 Å². The van der Waals surface area contributed by atoms with Crippen LogP contribution >= 0.6 is 23.2 Å². The van der Waals surface area contributed by atoms with Crippen molar-refractivity contribution in [3.05, 3.63) is 34.3 Å². The molecule has 0 aromatic heterocycles. The van der Waals surface area contributed by atoms with E-state index in [9.17, 15) is 4.79 Å². The minimum Gasteiger partial charge on any atom is -0.276 e. The van der Waals surface area contributed by atoms with Crippen LogP contribution in [0.15, 0.2) is 18.2 Å². The van der Waals surface area contributed by atoms with Crippen LogP contribution in [0.1, 0.15) is 15.9 Å². The van der Waals surface area contributed by atoms with Crippen LogP contribution in [0.5, 0.6) is 0 Å². The van der Waals surface area contributed by atoms with Crippen molar-refractivity contribution in [3.63, 3.8) is 0 Å². The predicted molar refractivity (Wildman–Crippen MR) is 49.6 cm³/mol. The first kappa shape index (κ1) is 9.12. The van der Waals surface area contributed by atoms with E-state index >= 15 is 0 Å². The van der Waals surface area contributed by atoms with Crippen LogP contribution in [0, 0.1) is 12.3 Å². The van der Waals surface area contributed by atoms with E-state index in [-0.39, 0.29) is 10.6 Å². The van der Waals surface area contributed by atoms with Gasteiger partial charge >= 0.3 is 0 Å². The van der Waals surface area contributed by atoms with E-state index in [0.717, 1.165) is 0 Å². The van der Waals surface area contributed by atoms with Crippen LogP contribution < -0.4 is 0 Å². The zero-order chi connectivity index (χ0) is 9.14. The number of rotatable bonds is 1. The summed E-state index contributed by atoms with van der Waals surface area (Å²) in [5.74, 6) is 2.40. The van der Waals surface area contributed by atoms with E-state index in [0.29, 0.717) is 5.56 Å². The van der Waals surface area contributed by atoms with Gasteiger partial charge in [-0.3, -0.25) is 4.79 Å². The highest BCUT2D eigenvalue weighted by molar-refractivity contribution is 6.68. The molecule has 60 valence electrons. The van der Waals surface area contributed by atoms with E-state index in [1.54, 1.807) is 6.07 Å². The number of carbonyl (C=O) groups excluding carboxylic acids is 1. The molecule has 1 aromatic rings. The monoisotopic (exact) mass is 198 g/mol. The highest BCUT2D eigenvalue weighted by Crippen LogP contribution is 2.18. The molecule has 12 heavy (non-hydrogen) atoms. The number of carbonyl (C=O) groups is 1. The molecule has 0 amide bonds. The molecule has 0 saturated carbocycles. The summed E-state index contributed by atoms with van der Waals surface area (Å²) >= 11 is 10.9. The van der Waals surface area contributed by atoms with Crippen LogP contribution in [0.2, 0.25) is 5.02 Å². The Morgan fingerprint density at radius 1 is 1.50 bits per heavy atom. The van der Waals surface area contributed by atoms with Gasteiger partial charge in [-0.2, -0.15) is 0 Å². The van der Waals surface area contributed by atoms with Gasteiger partial charge in [0.25, 0.3) is 5.24 Å². The van der Waals surface area contributed by atoms with Gasteiger partial charge in [-0.1, -0.05) is 17.5 Å². The molecule has 1 aromatic carbocycles. The van der Waals surface area contributed by atoms with Crippen LogP contribution in [-0.2, 0) is 0 Å². The van der Waals surface area contributed by atoms with Crippen LogP contribution in [-0.4, -0.2) is 5.24 Å². The normalized spacial score (nSPS) is 9.08. The molecule has 1 rings (SSSR count). The fraction of sp³-hybridized carbons (Fsp3) is 0. The Labute approximate surface area is 80.3 Å². The molecular weight excluding hydrogens is 195 g/mol. The third kappa shape index (κ3) is 1.79. The molecule has 0 fully saturated rings. The Hall–Kier alpha value is -0.970. The Balaban J connectivity index is 3.23. The fourth-order valence-corrected chi connectivity index (χ4v) is 1.24. The molecule has 0 radical (unpaired) electrons. The fourth-order valence-electron chi connectivity index (χ4n) is 0.764. The highest BCUT2D eigenvalue weighted by Gasteiger charge is 2.06. The Morgan fingerprint density at radius 2 is 2.17 bits per heavy atom. The zero-order valence-electron chi connectivity index (χ0n) is 5.97. The number of hydrogen-bond donors (Lipinski definition) is 0. The molecule has 0 aliphatic carbocycles. The van der Waals surface area contributed by atoms with Gasteiger partial charge in [-0.05, 0) is 29.8 Å². The first-order valence-corrected chi connectivity index (χ1v) is 3.86. The van der Waals surface area contributed by atoms with Gasteiger partial charge < -0.3 is 0 Å². The summed E-state index contributed by atoms with van der Waals surface area (Å²) in [5.41, 5.74) is 0.902. The maximum atomic E-state index is 10.7. The van der Waals surface area contributed by atoms with Crippen molar-refractivity contribution in [2.75, 3.05) is 0 Å².